The topological polar surface area (TPSA) is 83.6 Å². The third-order valence-corrected chi connectivity index (χ3v) is 4.66. The zero-order valence-electron chi connectivity index (χ0n) is 11.3. The number of aromatic nitrogens is 4. The zero-order valence-corrected chi connectivity index (χ0v) is 12.1. The van der Waals surface area contributed by atoms with E-state index >= 15 is 0 Å². The van der Waals surface area contributed by atoms with Gasteiger partial charge in [0, 0.05) is 11.6 Å². The first kappa shape index (κ1) is 13.2. The van der Waals surface area contributed by atoms with Gasteiger partial charge in [0.2, 0.25) is 5.82 Å². The van der Waals surface area contributed by atoms with Crippen molar-refractivity contribution in [1.82, 2.24) is 25.9 Å². The minimum absolute atomic E-state index is 0.0494. The second kappa shape index (κ2) is 5.70. The first-order valence-corrected chi connectivity index (χ1v) is 7.74. The molecule has 2 aromatic heterocycles. The lowest BCUT2D eigenvalue weighted by molar-refractivity contribution is 0.0935. The van der Waals surface area contributed by atoms with Crippen molar-refractivity contribution in [1.29, 1.82) is 0 Å². The monoisotopic (exact) mass is 291 g/mol. The molecule has 3 rings (SSSR count). The van der Waals surface area contributed by atoms with Crippen molar-refractivity contribution in [2.45, 2.75) is 38.6 Å². The van der Waals surface area contributed by atoms with Crippen molar-refractivity contribution < 1.29 is 4.79 Å². The quantitative estimate of drug-likeness (QED) is 0.885. The van der Waals surface area contributed by atoms with E-state index in [4.69, 9.17) is 0 Å². The van der Waals surface area contributed by atoms with Crippen LogP contribution in [0.15, 0.2) is 11.4 Å². The molecule has 6 nitrogen and oxygen atoms in total. The summed E-state index contributed by atoms with van der Waals surface area (Å²) in [4.78, 5) is 13.0. The number of aromatic amines is 1. The van der Waals surface area contributed by atoms with Crippen LogP contribution in [0.2, 0.25) is 0 Å². The van der Waals surface area contributed by atoms with Gasteiger partial charge in [0.25, 0.3) is 5.91 Å². The Bertz CT molecular complexity index is 575. The van der Waals surface area contributed by atoms with Crippen LogP contribution in [-0.2, 0) is 0 Å². The Morgan fingerprint density at radius 2 is 2.45 bits per heavy atom. The molecular weight excluding hydrogens is 274 g/mol. The number of thiophene rings is 1. The van der Waals surface area contributed by atoms with E-state index in [1.54, 1.807) is 0 Å². The molecule has 2 aromatic rings. The molecule has 1 saturated carbocycles. The van der Waals surface area contributed by atoms with Crippen molar-refractivity contribution in [3.8, 4) is 11.4 Å². The van der Waals surface area contributed by atoms with E-state index in [2.05, 4.69) is 32.9 Å². The van der Waals surface area contributed by atoms with Crippen molar-refractivity contribution in [3.63, 3.8) is 0 Å². The second-order valence-corrected chi connectivity index (χ2v) is 6.22. The number of H-pyrrole nitrogens is 1. The molecule has 0 bridgehead atoms. The highest BCUT2D eigenvalue weighted by Crippen LogP contribution is 2.30. The van der Waals surface area contributed by atoms with Gasteiger partial charge in [-0.15, -0.1) is 21.5 Å². The van der Waals surface area contributed by atoms with Crippen molar-refractivity contribution in [2.75, 3.05) is 0 Å². The molecule has 20 heavy (non-hydrogen) atoms. The van der Waals surface area contributed by atoms with E-state index in [-0.39, 0.29) is 11.9 Å². The van der Waals surface area contributed by atoms with Gasteiger partial charge in [-0.05, 0) is 35.9 Å². The Hall–Kier alpha value is -1.76. The molecule has 1 aliphatic carbocycles. The number of nitrogens with one attached hydrogen (secondary N) is 2. The lowest BCUT2D eigenvalue weighted by atomic mass is 9.81. The molecule has 1 fully saturated rings. The molecule has 0 aliphatic heterocycles. The van der Waals surface area contributed by atoms with Crippen LogP contribution in [-0.4, -0.2) is 32.6 Å². The van der Waals surface area contributed by atoms with Gasteiger partial charge < -0.3 is 5.32 Å². The van der Waals surface area contributed by atoms with Crippen LogP contribution in [0.3, 0.4) is 0 Å². The highest BCUT2D eigenvalue weighted by molar-refractivity contribution is 7.12. The van der Waals surface area contributed by atoms with E-state index < -0.39 is 0 Å². The Morgan fingerprint density at radius 1 is 1.60 bits per heavy atom. The third kappa shape index (κ3) is 2.72. The molecule has 0 saturated heterocycles. The Balaban J connectivity index is 1.66. The van der Waals surface area contributed by atoms with Gasteiger partial charge >= 0.3 is 0 Å². The van der Waals surface area contributed by atoms with Crippen LogP contribution in [0.25, 0.3) is 11.4 Å². The number of rotatable bonds is 5. The lowest BCUT2D eigenvalue weighted by Gasteiger charge is -2.28. The SMILES string of the molecule is CC(CC1CCC1)NC(=O)c1sccc1-c1nn[nH]n1. The standard InChI is InChI=1S/C13H17N5OS/c1-8(7-9-3-2-4-9)14-13(19)11-10(5-6-20-11)12-15-17-18-16-12/h5-6,8-9H,2-4,7H2,1H3,(H,14,19)(H,15,16,17,18). The van der Waals surface area contributed by atoms with Gasteiger partial charge in [-0.1, -0.05) is 19.3 Å². The van der Waals surface area contributed by atoms with Gasteiger partial charge in [-0.25, -0.2) is 0 Å². The second-order valence-electron chi connectivity index (χ2n) is 5.31. The summed E-state index contributed by atoms with van der Waals surface area (Å²) in [5.41, 5.74) is 0.733. The molecule has 1 aliphatic rings. The number of tetrazole rings is 1. The fraction of sp³-hybridized carbons (Fsp3) is 0.538. The van der Waals surface area contributed by atoms with Crippen LogP contribution in [0.4, 0.5) is 0 Å². The number of hydrogen-bond donors (Lipinski definition) is 2. The Labute approximate surface area is 121 Å². The summed E-state index contributed by atoms with van der Waals surface area (Å²) >= 11 is 1.40. The van der Waals surface area contributed by atoms with E-state index in [1.165, 1.54) is 30.6 Å². The highest BCUT2D eigenvalue weighted by Gasteiger charge is 2.23. The summed E-state index contributed by atoms with van der Waals surface area (Å²) in [6, 6.07) is 2.05. The molecule has 7 heteroatoms. The number of amides is 1. The first-order chi connectivity index (χ1) is 9.74. The normalized spacial score (nSPS) is 16.6. The van der Waals surface area contributed by atoms with Crippen LogP contribution < -0.4 is 5.32 Å². The first-order valence-electron chi connectivity index (χ1n) is 6.86. The Kier molecular flexibility index (Phi) is 3.77. The number of carbonyl (C=O) groups is 1. The molecule has 0 spiro atoms. The molecule has 2 N–H and O–H groups in total. The molecular formula is C13H17N5OS. The molecule has 1 unspecified atom stereocenters. The third-order valence-electron chi connectivity index (χ3n) is 3.75. The number of nitrogens with zero attached hydrogens (tertiary/aromatic N) is 3. The van der Waals surface area contributed by atoms with Crippen molar-refractivity contribution in [2.24, 2.45) is 5.92 Å². The smallest absolute Gasteiger partial charge is 0.262 e. The average Bonchev–Trinajstić information content (AvgIpc) is 3.03. The molecule has 2 heterocycles. The maximum absolute atomic E-state index is 12.3. The van der Waals surface area contributed by atoms with Crippen LogP contribution in [0, 0.1) is 5.92 Å². The van der Waals surface area contributed by atoms with E-state index in [1.807, 2.05) is 11.4 Å². The minimum Gasteiger partial charge on any atom is -0.349 e. The largest absolute Gasteiger partial charge is 0.349 e. The van der Waals surface area contributed by atoms with Gasteiger partial charge in [-0.3, -0.25) is 4.79 Å². The fourth-order valence-corrected chi connectivity index (χ4v) is 3.31. The van der Waals surface area contributed by atoms with E-state index in [9.17, 15) is 4.79 Å². The van der Waals surface area contributed by atoms with E-state index in [0.29, 0.717) is 10.7 Å². The predicted octanol–water partition coefficient (Wildman–Crippen LogP) is 2.24. The van der Waals surface area contributed by atoms with E-state index in [0.717, 1.165) is 17.9 Å². The number of hydrogen-bond acceptors (Lipinski definition) is 5. The summed E-state index contributed by atoms with van der Waals surface area (Å²) in [6.45, 7) is 2.07. The highest BCUT2D eigenvalue weighted by atomic mass is 32.1. The summed E-state index contributed by atoms with van der Waals surface area (Å²) in [7, 11) is 0. The molecule has 106 valence electrons. The van der Waals surface area contributed by atoms with Crippen molar-refractivity contribution in [3.05, 3.63) is 16.3 Å². The number of carbonyl (C=O) groups excluding carboxylic acids is 1. The van der Waals surface area contributed by atoms with Crippen molar-refractivity contribution >= 4 is 17.2 Å². The van der Waals surface area contributed by atoms with Gasteiger partial charge in [0.1, 0.15) is 4.88 Å². The van der Waals surface area contributed by atoms with Crippen LogP contribution in [0.1, 0.15) is 42.3 Å². The average molecular weight is 291 g/mol. The molecule has 1 atom stereocenters. The summed E-state index contributed by atoms with van der Waals surface area (Å²) in [5, 5.41) is 18.7. The molecule has 0 radical (unpaired) electrons. The van der Waals surface area contributed by atoms with Gasteiger partial charge in [-0.2, -0.15) is 5.21 Å². The van der Waals surface area contributed by atoms with Crippen LogP contribution in [0.5, 0.6) is 0 Å². The zero-order chi connectivity index (χ0) is 13.9. The summed E-state index contributed by atoms with van der Waals surface area (Å²) in [6.07, 6.45) is 4.99. The summed E-state index contributed by atoms with van der Waals surface area (Å²) < 4.78 is 0. The molecule has 1 amide bonds. The fourth-order valence-electron chi connectivity index (χ4n) is 2.51. The summed E-state index contributed by atoms with van der Waals surface area (Å²) in [5.74, 6) is 1.19. The lowest BCUT2D eigenvalue weighted by Crippen LogP contribution is -2.35. The molecule has 0 aromatic carbocycles. The maximum Gasteiger partial charge on any atom is 0.262 e. The van der Waals surface area contributed by atoms with Crippen LogP contribution >= 0.6 is 11.3 Å². The Morgan fingerprint density at radius 3 is 3.10 bits per heavy atom. The predicted molar refractivity (Wildman–Crippen MR) is 76.4 cm³/mol. The maximum atomic E-state index is 12.3. The minimum atomic E-state index is -0.0494. The van der Waals surface area contributed by atoms with Gasteiger partial charge in [0.15, 0.2) is 0 Å². The van der Waals surface area contributed by atoms with Gasteiger partial charge in [0.05, 0.1) is 0 Å².